The predicted molar refractivity (Wildman–Crippen MR) is 68.6 cm³/mol. The minimum absolute atomic E-state index is 0.0440. The third kappa shape index (κ3) is 3.02. The highest BCUT2D eigenvalue weighted by molar-refractivity contribution is 5.72. The topological polar surface area (TPSA) is 26.3 Å². The largest absolute Gasteiger partial charge is 0.465 e. The second-order valence-electron chi connectivity index (χ2n) is 7.78. The fourth-order valence-corrected chi connectivity index (χ4v) is 3.57. The van der Waals surface area contributed by atoms with Gasteiger partial charge in [0.05, 0.1) is 13.0 Å². The molecular weight excluding hydrogens is 212 g/mol. The van der Waals surface area contributed by atoms with E-state index in [1.165, 1.54) is 25.7 Å². The van der Waals surface area contributed by atoms with Crippen LogP contribution in [0.3, 0.4) is 0 Å². The zero-order chi connectivity index (χ0) is 12.7. The molecule has 1 aliphatic heterocycles. The Morgan fingerprint density at radius 3 is 2.24 bits per heavy atom. The normalized spacial score (nSPS) is 39.2. The molecule has 0 aromatic carbocycles. The van der Waals surface area contributed by atoms with E-state index in [0.717, 1.165) is 18.4 Å². The number of hydrogen-bond acceptors (Lipinski definition) is 2. The molecule has 17 heavy (non-hydrogen) atoms. The van der Waals surface area contributed by atoms with Crippen LogP contribution in [0.1, 0.15) is 59.8 Å². The van der Waals surface area contributed by atoms with Crippen molar-refractivity contribution in [3.8, 4) is 0 Å². The van der Waals surface area contributed by atoms with Gasteiger partial charge in [0.15, 0.2) is 0 Å². The summed E-state index contributed by atoms with van der Waals surface area (Å²) in [6.45, 7) is 9.48. The summed E-state index contributed by atoms with van der Waals surface area (Å²) in [4.78, 5) is 11.1. The van der Waals surface area contributed by atoms with Crippen molar-refractivity contribution in [2.45, 2.75) is 59.8 Å². The smallest absolute Gasteiger partial charge is 0.306 e. The number of cyclic esters (lactones) is 1. The minimum atomic E-state index is 0.0440. The van der Waals surface area contributed by atoms with Crippen LogP contribution in [0.15, 0.2) is 0 Å². The van der Waals surface area contributed by atoms with Crippen molar-refractivity contribution < 1.29 is 9.53 Å². The highest BCUT2D eigenvalue weighted by Gasteiger charge is 2.55. The van der Waals surface area contributed by atoms with Crippen molar-refractivity contribution in [2.24, 2.45) is 22.7 Å². The van der Waals surface area contributed by atoms with Gasteiger partial charge in [-0.1, -0.05) is 34.1 Å². The number of hydrogen-bond donors (Lipinski definition) is 0. The highest BCUT2D eigenvalue weighted by atomic mass is 16.5. The summed E-state index contributed by atoms with van der Waals surface area (Å²) in [5, 5.41) is 0. The molecule has 3 aliphatic rings. The van der Waals surface area contributed by atoms with Crippen molar-refractivity contribution in [3.05, 3.63) is 0 Å². The van der Waals surface area contributed by atoms with E-state index in [1.54, 1.807) is 0 Å². The van der Waals surface area contributed by atoms with Gasteiger partial charge in [-0.3, -0.25) is 4.79 Å². The molecule has 0 N–H and O–H groups in total. The maximum Gasteiger partial charge on any atom is 0.306 e. The maximum absolute atomic E-state index is 11.1. The van der Waals surface area contributed by atoms with E-state index in [0.29, 0.717) is 17.3 Å². The quantitative estimate of drug-likeness (QED) is 0.600. The third-order valence-corrected chi connectivity index (χ3v) is 4.12. The van der Waals surface area contributed by atoms with Crippen LogP contribution in [0.25, 0.3) is 0 Å². The Bertz CT molecular complexity index is 297. The summed E-state index contributed by atoms with van der Waals surface area (Å²) in [6, 6.07) is 0. The van der Waals surface area contributed by atoms with Crippen LogP contribution in [0, 0.1) is 22.7 Å². The molecule has 2 aliphatic carbocycles. The van der Waals surface area contributed by atoms with Gasteiger partial charge in [-0.25, -0.2) is 0 Å². The van der Waals surface area contributed by atoms with E-state index in [-0.39, 0.29) is 5.97 Å². The van der Waals surface area contributed by atoms with Crippen LogP contribution < -0.4 is 0 Å². The van der Waals surface area contributed by atoms with Crippen molar-refractivity contribution in [3.63, 3.8) is 0 Å². The van der Waals surface area contributed by atoms with Crippen molar-refractivity contribution >= 4 is 5.97 Å². The molecule has 2 bridgehead atoms. The van der Waals surface area contributed by atoms with Gasteiger partial charge < -0.3 is 4.74 Å². The first-order valence-corrected chi connectivity index (χ1v) is 6.94. The number of carbonyl (C=O) groups is 1. The van der Waals surface area contributed by atoms with Gasteiger partial charge in [0, 0.05) is 5.41 Å². The SMILES string of the molecule is CC(C)(C)C.O=C1CC2(CO1)CC1CCC2C1. The van der Waals surface area contributed by atoms with Crippen LogP contribution in [-0.2, 0) is 9.53 Å². The van der Waals surface area contributed by atoms with Gasteiger partial charge in [-0.05, 0) is 36.5 Å². The number of rotatable bonds is 0. The zero-order valence-electron chi connectivity index (χ0n) is 11.7. The highest BCUT2D eigenvalue weighted by Crippen LogP contribution is 2.59. The zero-order valence-corrected chi connectivity index (χ0v) is 11.7. The minimum Gasteiger partial charge on any atom is -0.465 e. The maximum atomic E-state index is 11.1. The number of esters is 1. The van der Waals surface area contributed by atoms with Gasteiger partial charge in [-0.15, -0.1) is 0 Å². The van der Waals surface area contributed by atoms with Crippen molar-refractivity contribution in [1.29, 1.82) is 0 Å². The lowest BCUT2D eigenvalue weighted by molar-refractivity contribution is -0.137. The number of carbonyl (C=O) groups excluding carboxylic acids is 1. The van der Waals surface area contributed by atoms with Crippen LogP contribution in [0.4, 0.5) is 0 Å². The van der Waals surface area contributed by atoms with Crippen LogP contribution in [-0.4, -0.2) is 12.6 Å². The monoisotopic (exact) mass is 238 g/mol. The van der Waals surface area contributed by atoms with E-state index in [1.807, 2.05) is 0 Å². The molecule has 2 saturated carbocycles. The molecule has 2 nitrogen and oxygen atoms in total. The Hall–Kier alpha value is -0.530. The second-order valence-corrected chi connectivity index (χ2v) is 7.78. The third-order valence-electron chi connectivity index (χ3n) is 4.12. The average Bonchev–Trinajstić information content (AvgIpc) is 2.79. The molecule has 3 unspecified atom stereocenters. The Kier molecular flexibility index (Phi) is 3.26. The molecule has 2 heteroatoms. The number of fused-ring (bicyclic) bond motifs is 3. The van der Waals surface area contributed by atoms with E-state index < -0.39 is 0 Å². The molecule has 0 radical (unpaired) electrons. The van der Waals surface area contributed by atoms with Crippen molar-refractivity contribution in [1.82, 2.24) is 0 Å². The summed E-state index contributed by atoms with van der Waals surface area (Å²) in [5.41, 5.74) is 0.806. The standard InChI is InChI=1S/C10H14O2.C5H12/c11-9-5-10(6-12-9)4-7-1-2-8(10)3-7;1-5(2,3)4/h7-8H,1-6H2;1-4H3. The van der Waals surface area contributed by atoms with E-state index in [2.05, 4.69) is 27.7 Å². The van der Waals surface area contributed by atoms with E-state index in [9.17, 15) is 4.79 Å². The van der Waals surface area contributed by atoms with Gasteiger partial charge >= 0.3 is 5.97 Å². The summed E-state index contributed by atoms with van der Waals surface area (Å²) in [6.07, 6.45) is 6.11. The molecule has 0 aromatic rings. The molecule has 1 spiro atoms. The Balaban J connectivity index is 0.000000188. The first-order valence-electron chi connectivity index (χ1n) is 6.94. The summed E-state index contributed by atoms with van der Waals surface area (Å²) >= 11 is 0. The van der Waals surface area contributed by atoms with E-state index >= 15 is 0 Å². The number of ether oxygens (including phenoxy) is 1. The summed E-state index contributed by atoms with van der Waals surface area (Å²) < 4.78 is 5.10. The fourth-order valence-electron chi connectivity index (χ4n) is 3.57. The average molecular weight is 238 g/mol. The van der Waals surface area contributed by atoms with Gasteiger partial charge in [0.1, 0.15) is 0 Å². The summed E-state index contributed by atoms with van der Waals surface area (Å²) in [7, 11) is 0. The summed E-state index contributed by atoms with van der Waals surface area (Å²) in [5.74, 6) is 1.78. The Labute approximate surface area is 105 Å². The Morgan fingerprint density at radius 1 is 1.24 bits per heavy atom. The van der Waals surface area contributed by atoms with Gasteiger partial charge in [-0.2, -0.15) is 0 Å². The molecule has 98 valence electrons. The van der Waals surface area contributed by atoms with Crippen LogP contribution in [0.5, 0.6) is 0 Å². The lowest BCUT2D eigenvalue weighted by Gasteiger charge is -2.30. The molecule has 1 saturated heterocycles. The van der Waals surface area contributed by atoms with Crippen molar-refractivity contribution in [2.75, 3.05) is 6.61 Å². The van der Waals surface area contributed by atoms with Crippen LogP contribution >= 0.6 is 0 Å². The molecule has 3 fully saturated rings. The van der Waals surface area contributed by atoms with Gasteiger partial charge in [0.25, 0.3) is 0 Å². The van der Waals surface area contributed by atoms with E-state index in [4.69, 9.17) is 4.74 Å². The lowest BCUT2D eigenvalue weighted by Crippen LogP contribution is -2.27. The molecular formula is C15H26O2. The molecule has 0 aromatic heterocycles. The Morgan fingerprint density at radius 2 is 1.88 bits per heavy atom. The molecule has 3 rings (SSSR count). The predicted octanol–water partition coefficient (Wildman–Crippen LogP) is 3.79. The molecule has 0 amide bonds. The molecule has 1 heterocycles. The molecule has 3 atom stereocenters. The fraction of sp³-hybridized carbons (Fsp3) is 0.933. The lowest BCUT2D eigenvalue weighted by atomic mass is 9.73. The first kappa shape index (κ1) is 12.9. The second kappa shape index (κ2) is 4.29. The van der Waals surface area contributed by atoms with Crippen LogP contribution in [0.2, 0.25) is 0 Å². The first-order chi connectivity index (χ1) is 7.78. The van der Waals surface area contributed by atoms with Gasteiger partial charge in [0.2, 0.25) is 0 Å².